The van der Waals surface area contributed by atoms with Crippen molar-refractivity contribution in [1.29, 1.82) is 0 Å². The Morgan fingerprint density at radius 1 is 0.426 bits per heavy atom. The predicted octanol–water partition coefficient (Wildman–Crippen LogP) is 12.9. The van der Waals surface area contributed by atoms with Crippen molar-refractivity contribution in [3.05, 3.63) is 164 Å². The summed E-state index contributed by atoms with van der Waals surface area (Å²) in [5.41, 5.74) is 12.7. The molecule has 0 fully saturated rings. The zero-order valence-corrected chi connectivity index (χ0v) is 26.2. The van der Waals surface area contributed by atoms with Crippen molar-refractivity contribution in [1.82, 2.24) is 4.57 Å². The van der Waals surface area contributed by atoms with Gasteiger partial charge in [-0.3, -0.25) is 0 Å². The summed E-state index contributed by atoms with van der Waals surface area (Å²) in [5, 5.41) is 4.88. The second-order valence-corrected chi connectivity index (χ2v) is 13.1. The Balaban J connectivity index is 1.12. The van der Waals surface area contributed by atoms with Gasteiger partial charge in [-0.1, -0.05) is 140 Å². The highest BCUT2D eigenvalue weighted by atomic mass is 32.1. The lowest BCUT2D eigenvalue weighted by Gasteiger charge is -2.09. The Bertz CT molecular complexity index is 2770. The van der Waals surface area contributed by atoms with Gasteiger partial charge < -0.3 is 8.98 Å². The Morgan fingerprint density at radius 3 is 1.83 bits per heavy atom. The van der Waals surface area contributed by atoms with E-state index < -0.39 is 0 Å². The van der Waals surface area contributed by atoms with Crippen molar-refractivity contribution >= 4 is 64.5 Å². The summed E-state index contributed by atoms with van der Waals surface area (Å²) < 4.78 is 11.6. The summed E-state index contributed by atoms with van der Waals surface area (Å²) in [5.74, 6) is 0. The smallest absolute Gasteiger partial charge is 0.143 e. The predicted molar refractivity (Wildman–Crippen MR) is 200 cm³/mol. The van der Waals surface area contributed by atoms with E-state index >= 15 is 0 Å². The Kier molecular flexibility index (Phi) is 5.78. The molecule has 7 aromatic carbocycles. The number of nitrogens with zero attached hydrogens (tertiary/aromatic N) is 1. The quantitative estimate of drug-likeness (QED) is 0.192. The highest BCUT2D eigenvalue weighted by Crippen LogP contribution is 2.46. The standard InChI is InChI=1S/C44H27NOS/c1-3-12-28(13-4-1)33-18-9-20-36-40-32(17-11-23-39(40)46-42(33)36)29-24-26-30(27-25-29)34-19-10-21-37-41-44(47-43(34)37)35-16-7-8-22-38(35)45(41)31-14-5-2-6-15-31/h1-27H. The summed E-state index contributed by atoms with van der Waals surface area (Å²) in [6, 6.07) is 58.6. The van der Waals surface area contributed by atoms with E-state index in [0.717, 1.165) is 33.1 Å². The minimum atomic E-state index is 0.908. The summed E-state index contributed by atoms with van der Waals surface area (Å²) >= 11 is 1.90. The maximum Gasteiger partial charge on any atom is 0.143 e. The summed E-state index contributed by atoms with van der Waals surface area (Å²) in [7, 11) is 0. The van der Waals surface area contributed by atoms with Crippen molar-refractivity contribution in [2.75, 3.05) is 0 Å². The van der Waals surface area contributed by atoms with Gasteiger partial charge in [0.2, 0.25) is 0 Å². The molecule has 3 heteroatoms. The molecule has 0 N–H and O–H groups in total. The van der Waals surface area contributed by atoms with Crippen LogP contribution in [-0.4, -0.2) is 4.57 Å². The van der Waals surface area contributed by atoms with E-state index in [0.29, 0.717) is 0 Å². The first kappa shape index (κ1) is 26.3. The summed E-state index contributed by atoms with van der Waals surface area (Å²) in [6.45, 7) is 0. The van der Waals surface area contributed by atoms with Crippen LogP contribution in [0, 0.1) is 0 Å². The molecule has 3 aromatic heterocycles. The number of thiophene rings is 1. The van der Waals surface area contributed by atoms with Gasteiger partial charge in [0.25, 0.3) is 0 Å². The lowest BCUT2D eigenvalue weighted by Crippen LogP contribution is -1.92. The van der Waals surface area contributed by atoms with E-state index in [9.17, 15) is 0 Å². The van der Waals surface area contributed by atoms with Crippen molar-refractivity contribution in [3.8, 4) is 39.1 Å². The molecule has 0 spiro atoms. The Labute approximate surface area is 275 Å². The average Bonchev–Trinajstić information content (AvgIpc) is 3.81. The van der Waals surface area contributed by atoms with E-state index in [4.69, 9.17) is 4.42 Å². The number of fused-ring (bicyclic) bond motifs is 8. The van der Waals surface area contributed by atoms with Crippen LogP contribution in [0.25, 0.3) is 92.2 Å². The SMILES string of the molecule is c1ccc(-c2cccc3c2oc2cccc(-c4ccc(-c5cccc6c5sc5c7ccccc7n(-c7ccccc7)c65)cc4)c23)cc1. The van der Waals surface area contributed by atoms with Gasteiger partial charge in [-0.15, -0.1) is 11.3 Å². The van der Waals surface area contributed by atoms with Crippen LogP contribution >= 0.6 is 11.3 Å². The maximum atomic E-state index is 6.53. The van der Waals surface area contributed by atoms with E-state index in [1.165, 1.54) is 59.1 Å². The first-order valence-electron chi connectivity index (χ1n) is 15.9. The van der Waals surface area contributed by atoms with E-state index in [2.05, 4.69) is 162 Å². The number of furan rings is 1. The van der Waals surface area contributed by atoms with Gasteiger partial charge in [-0.2, -0.15) is 0 Å². The molecule has 0 aliphatic heterocycles. The van der Waals surface area contributed by atoms with Crippen LogP contribution < -0.4 is 0 Å². The molecule has 10 aromatic rings. The van der Waals surface area contributed by atoms with Gasteiger partial charge in [0.1, 0.15) is 11.2 Å². The number of para-hydroxylation sites is 3. The third-order valence-corrected chi connectivity index (χ3v) is 10.7. The van der Waals surface area contributed by atoms with Crippen LogP contribution in [0.5, 0.6) is 0 Å². The van der Waals surface area contributed by atoms with Crippen LogP contribution in [-0.2, 0) is 0 Å². The van der Waals surface area contributed by atoms with Gasteiger partial charge >= 0.3 is 0 Å². The van der Waals surface area contributed by atoms with Gasteiger partial charge in [0.15, 0.2) is 0 Å². The molecule has 0 aliphatic rings. The van der Waals surface area contributed by atoms with Crippen LogP contribution in [0.4, 0.5) is 0 Å². The molecule has 47 heavy (non-hydrogen) atoms. The molecule has 0 amide bonds. The molecule has 0 saturated heterocycles. The molecule has 0 saturated carbocycles. The highest BCUT2D eigenvalue weighted by Gasteiger charge is 2.20. The van der Waals surface area contributed by atoms with Gasteiger partial charge in [-0.25, -0.2) is 0 Å². The molecule has 0 atom stereocenters. The molecule has 0 unspecified atom stereocenters. The first-order chi connectivity index (χ1) is 23.3. The number of aromatic nitrogens is 1. The summed E-state index contributed by atoms with van der Waals surface area (Å²) in [4.78, 5) is 0. The molecule has 0 radical (unpaired) electrons. The highest BCUT2D eigenvalue weighted by molar-refractivity contribution is 7.27. The minimum Gasteiger partial charge on any atom is -0.455 e. The number of rotatable bonds is 4. The minimum absolute atomic E-state index is 0.908. The van der Waals surface area contributed by atoms with Gasteiger partial charge in [-0.05, 0) is 52.1 Å². The fourth-order valence-electron chi connectivity index (χ4n) is 7.33. The van der Waals surface area contributed by atoms with E-state index in [1.54, 1.807) is 0 Å². The third-order valence-electron chi connectivity index (χ3n) is 9.43. The van der Waals surface area contributed by atoms with E-state index in [-0.39, 0.29) is 0 Å². The van der Waals surface area contributed by atoms with Gasteiger partial charge in [0.05, 0.1) is 15.7 Å². The van der Waals surface area contributed by atoms with E-state index in [1.807, 2.05) is 17.4 Å². The first-order valence-corrected chi connectivity index (χ1v) is 16.8. The van der Waals surface area contributed by atoms with Crippen LogP contribution in [0.3, 0.4) is 0 Å². The van der Waals surface area contributed by atoms with Crippen LogP contribution in [0.1, 0.15) is 0 Å². The van der Waals surface area contributed by atoms with Crippen molar-refractivity contribution in [2.24, 2.45) is 0 Å². The van der Waals surface area contributed by atoms with Gasteiger partial charge in [0, 0.05) is 37.5 Å². The second kappa shape index (κ2) is 10.3. The number of benzene rings is 7. The lowest BCUT2D eigenvalue weighted by atomic mass is 9.95. The molecule has 3 heterocycles. The largest absolute Gasteiger partial charge is 0.455 e. The van der Waals surface area contributed by atoms with Crippen LogP contribution in [0.2, 0.25) is 0 Å². The van der Waals surface area contributed by atoms with Crippen molar-refractivity contribution < 1.29 is 4.42 Å². The molecule has 0 aliphatic carbocycles. The number of hydrogen-bond donors (Lipinski definition) is 0. The monoisotopic (exact) mass is 617 g/mol. The molecular weight excluding hydrogens is 591 g/mol. The molecular formula is C44H27NOS. The average molecular weight is 618 g/mol. The topological polar surface area (TPSA) is 18.1 Å². The lowest BCUT2D eigenvalue weighted by molar-refractivity contribution is 0.670. The Morgan fingerprint density at radius 2 is 1.02 bits per heavy atom. The zero-order valence-electron chi connectivity index (χ0n) is 25.4. The third kappa shape index (κ3) is 3.97. The van der Waals surface area contributed by atoms with Crippen molar-refractivity contribution in [3.63, 3.8) is 0 Å². The number of hydrogen-bond acceptors (Lipinski definition) is 2. The maximum absolute atomic E-state index is 6.53. The molecule has 0 bridgehead atoms. The fourth-order valence-corrected chi connectivity index (χ4v) is 8.68. The molecule has 220 valence electrons. The molecule has 2 nitrogen and oxygen atoms in total. The Hall–Kier alpha value is -5.90. The normalized spacial score (nSPS) is 11.8. The fraction of sp³-hybridized carbons (Fsp3) is 0. The van der Waals surface area contributed by atoms with Crippen molar-refractivity contribution in [2.45, 2.75) is 0 Å². The summed E-state index contributed by atoms with van der Waals surface area (Å²) in [6.07, 6.45) is 0. The second-order valence-electron chi connectivity index (χ2n) is 12.1. The zero-order chi connectivity index (χ0) is 30.9. The van der Waals surface area contributed by atoms with Crippen LogP contribution in [0.15, 0.2) is 168 Å². The molecule has 10 rings (SSSR count).